The Labute approximate surface area is 129 Å². The predicted octanol–water partition coefficient (Wildman–Crippen LogP) is 3.80. The summed E-state index contributed by atoms with van der Waals surface area (Å²) >= 11 is 0. The highest BCUT2D eigenvalue weighted by Gasteiger charge is 2.27. The maximum Gasteiger partial charge on any atom is 0.303 e. The van der Waals surface area contributed by atoms with Gasteiger partial charge in [-0.1, -0.05) is 41.5 Å². The van der Waals surface area contributed by atoms with Gasteiger partial charge in [-0.15, -0.1) is 0 Å². The molecule has 0 rings (SSSR count). The van der Waals surface area contributed by atoms with Crippen LogP contribution in [0.2, 0.25) is 0 Å². The zero-order valence-corrected chi connectivity index (χ0v) is 14.6. The topological polar surface area (TPSA) is 57.6 Å². The van der Waals surface area contributed by atoms with Crippen LogP contribution in [0.1, 0.15) is 67.2 Å². The Kier molecular flexibility index (Phi) is 8.60. The number of nitrogens with zero attached hydrogens (tertiary/aromatic N) is 1. The van der Waals surface area contributed by atoms with Crippen molar-refractivity contribution >= 4 is 11.9 Å². The molecule has 0 spiro atoms. The number of carbonyl (C=O) groups is 2. The molecule has 1 amide bonds. The second-order valence-electron chi connectivity index (χ2n) is 7.66. The number of carboxylic acid groups (broad SMARTS) is 1. The first-order valence-electron chi connectivity index (χ1n) is 8.03. The molecule has 0 aromatic heterocycles. The monoisotopic (exact) mass is 299 g/mol. The van der Waals surface area contributed by atoms with Gasteiger partial charge < -0.3 is 10.0 Å². The molecule has 21 heavy (non-hydrogen) atoms. The van der Waals surface area contributed by atoms with Gasteiger partial charge in [0.1, 0.15) is 0 Å². The van der Waals surface area contributed by atoms with Crippen LogP contribution in [0.15, 0.2) is 0 Å². The lowest BCUT2D eigenvalue weighted by Gasteiger charge is -2.29. The first kappa shape index (κ1) is 19.9. The Balaban J connectivity index is 4.64. The third-order valence-corrected chi connectivity index (χ3v) is 3.56. The number of carbonyl (C=O) groups excluding carboxylic acids is 1. The fraction of sp³-hybridized carbons (Fsp3) is 0.882. The lowest BCUT2D eigenvalue weighted by molar-refractivity contribution is -0.140. The molecule has 0 unspecified atom stereocenters. The third kappa shape index (κ3) is 10.3. The van der Waals surface area contributed by atoms with E-state index in [1.807, 2.05) is 18.7 Å². The van der Waals surface area contributed by atoms with Gasteiger partial charge in [-0.2, -0.15) is 0 Å². The van der Waals surface area contributed by atoms with Crippen molar-refractivity contribution in [1.82, 2.24) is 4.90 Å². The molecule has 0 atom stereocenters. The lowest BCUT2D eigenvalue weighted by atomic mass is 9.85. The molecular formula is C17H33NO3. The van der Waals surface area contributed by atoms with Crippen LogP contribution < -0.4 is 0 Å². The van der Waals surface area contributed by atoms with Crippen LogP contribution in [0.3, 0.4) is 0 Å². The van der Waals surface area contributed by atoms with Crippen LogP contribution in [0.4, 0.5) is 0 Å². The number of carboxylic acids is 1. The number of hydrogen-bond donors (Lipinski definition) is 1. The molecule has 0 saturated carbocycles. The first-order valence-corrected chi connectivity index (χ1v) is 8.03. The average molecular weight is 299 g/mol. The van der Waals surface area contributed by atoms with Crippen LogP contribution in [0.25, 0.3) is 0 Å². The maximum atomic E-state index is 12.5. The zero-order chi connectivity index (χ0) is 16.6. The molecule has 4 nitrogen and oxygen atoms in total. The van der Waals surface area contributed by atoms with Gasteiger partial charge in [0.2, 0.25) is 5.91 Å². The minimum atomic E-state index is -0.844. The van der Waals surface area contributed by atoms with Crippen molar-refractivity contribution in [1.29, 1.82) is 0 Å². The van der Waals surface area contributed by atoms with E-state index in [-0.39, 0.29) is 12.3 Å². The van der Waals surface area contributed by atoms with E-state index in [1.165, 1.54) is 0 Å². The molecule has 0 aliphatic heterocycles. The molecule has 0 aliphatic rings. The predicted molar refractivity (Wildman–Crippen MR) is 86.1 cm³/mol. The van der Waals surface area contributed by atoms with Gasteiger partial charge in [0.05, 0.1) is 6.42 Å². The molecule has 0 aromatic rings. The zero-order valence-electron chi connectivity index (χ0n) is 14.6. The highest BCUT2D eigenvalue weighted by molar-refractivity contribution is 5.78. The van der Waals surface area contributed by atoms with Gasteiger partial charge in [-0.25, -0.2) is 0 Å². The van der Waals surface area contributed by atoms with Gasteiger partial charge in [-0.3, -0.25) is 9.59 Å². The maximum absolute atomic E-state index is 12.5. The van der Waals surface area contributed by atoms with Crippen molar-refractivity contribution in [3.05, 3.63) is 0 Å². The molecule has 1 N–H and O–H groups in total. The molecule has 0 radical (unpaired) electrons. The molecule has 0 heterocycles. The largest absolute Gasteiger partial charge is 0.481 e. The van der Waals surface area contributed by atoms with Crippen LogP contribution in [0.5, 0.6) is 0 Å². The first-order chi connectivity index (χ1) is 9.53. The molecule has 0 aliphatic carbocycles. The quantitative estimate of drug-likeness (QED) is 0.667. The van der Waals surface area contributed by atoms with Crippen molar-refractivity contribution in [3.63, 3.8) is 0 Å². The summed E-state index contributed by atoms with van der Waals surface area (Å²) in [7, 11) is 0. The van der Waals surface area contributed by atoms with E-state index in [2.05, 4.69) is 27.7 Å². The van der Waals surface area contributed by atoms with Gasteiger partial charge in [0.15, 0.2) is 0 Å². The SMILES string of the molecule is CC(C)CCN(CCC(C)C)C(=O)CC(C)(C)CC(=O)O. The van der Waals surface area contributed by atoms with Gasteiger partial charge in [0.25, 0.3) is 0 Å². The van der Waals surface area contributed by atoms with Crippen LogP contribution in [-0.2, 0) is 9.59 Å². The average Bonchev–Trinajstić information content (AvgIpc) is 2.24. The number of amides is 1. The Morgan fingerprint density at radius 1 is 0.952 bits per heavy atom. The highest BCUT2D eigenvalue weighted by Crippen LogP contribution is 2.26. The van der Waals surface area contributed by atoms with E-state index in [0.29, 0.717) is 18.3 Å². The van der Waals surface area contributed by atoms with E-state index in [4.69, 9.17) is 5.11 Å². The summed E-state index contributed by atoms with van der Waals surface area (Å²) in [6, 6.07) is 0. The van der Waals surface area contributed by atoms with Gasteiger partial charge in [0, 0.05) is 19.5 Å². The van der Waals surface area contributed by atoms with Crippen molar-refractivity contribution in [3.8, 4) is 0 Å². The minimum absolute atomic E-state index is 0.0287. The number of aliphatic carboxylic acids is 1. The van der Waals surface area contributed by atoms with E-state index in [0.717, 1.165) is 25.9 Å². The number of rotatable bonds is 10. The molecule has 124 valence electrons. The Hall–Kier alpha value is -1.06. The van der Waals surface area contributed by atoms with Crippen molar-refractivity contribution in [2.45, 2.75) is 67.2 Å². The molecule has 0 bridgehead atoms. The Morgan fingerprint density at radius 3 is 1.71 bits per heavy atom. The van der Waals surface area contributed by atoms with Gasteiger partial charge in [-0.05, 0) is 30.1 Å². The van der Waals surface area contributed by atoms with Crippen molar-refractivity contribution < 1.29 is 14.7 Å². The van der Waals surface area contributed by atoms with Crippen molar-refractivity contribution in [2.75, 3.05) is 13.1 Å². The second-order valence-corrected chi connectivity index (χ2v) is 7.66. The minimum Gasteiger partial charge on any atom is -0.481 e. The van der Waals surface area contributed by atoms with E-state index < -0.39 is 11.4 Å². The van der Waals surface area contributed by atoms with E-state index in [1.54, 1.807) is 0 Å². The second kappa shape index (κ2) is 9.06. The van der Waals surface area contributed by atoms with Crippen LogP contribution in [0, 0.1) is 17.3 Å². The molecule has 4 heteroatoms. The summed E-state index contributed by atoms with van der Waals surface area (Å²) < 4.78 is 0. The fourth-order valence-electron chi connectivity index (χ4n) is 2.18. The molecule has 0 aromatic carbocycles. The molecular weight excluding hydrogens is 266 g/mol. The summed E-state index contributed by atoms with van der Waals surface area (Å²) in [5.74, 6) is 0.365. The Bertz CT molecular complexity index is 323. The van der Waals surface area contributed by atoms with Gasteiger partial charge >= 0.3 is 5.97 Å². The molecule has 0 saturated heterocycles. The summed E-state index contributed by atoms with van der Waals surface area (Å²) in [4.78, 5) is 25.3. The summed E-state index contributed by atoms with van der Waals surface area (Å²) in [6.45, 7) is 13.8. The molecule has 0 fully saturated rings. The third-order valence-electron chi connectivity index (χ3n) is 3.56. The standard InChI is InChI=1S/C17H33NO3/c1-13(2)7-9-18(10-8-14(3)4)15(19)11-17(5,6)12-16(20)21/h13-14H,7-12H2,1-6H3,(H,20,21). The normalized spacial score (nSPS) is 12.0. The lowest BCUT2D eigenvalue weighted by Crippen LogP contribution is -2.37. The smallest absolute Gasteiger partial charge is 0.303 e. The van der Waals surface area contributed by atoms with Crippen LogP contribution >= 0.6 is 0 Å². The summed E-state index contributed by atoms with van der Waals surface area (Å²) in [5, 5.41) is 8.93. The highest BCUT2D eigenvalue weighted by atomic mass is 16.4. The Morgan fingerprint density at radius 2 is 1.38 bits per heavy atom. The van der Waals surface area contributed by atoms with Crippen molar-refractivity contribution in [2.24, 2.45) is 17.3 Å². The van der Waals surface area contributed by atoms with E-state index in [9.17, 15) is 9.59 Å². The van der Waals surface area contributed by atoms with Crippen LogP contribution in [-0.4, -0.2) is 35.0 Å². The number of hydrogen-bond acceptors (Lipinski definition) is 2. The fourth-order valence-corrected chi connectivity index (χ4v) is 2.18. The summed E-state index contributed by atoms with van der Waals surface area (Å²) in [6.07, 6.45) is 2.31. The van der Waals surface area contributed by atoms with E-state index >= 15 is 0 Å². The summed E-state index contributed by atoms with van der Waals surface area (Å²) in [5.41, 5.74) is -0.489.